The number of hydrogen-bond acceptors (Lipinski definition) is 7. The molecule has 1 aromatic heterocycles. The van der Waals surface area contributed by atoms with Crippen LogP contribution in [0.15, 0.2) is 53.7 Å². The van der Waals surface area contributed by atoms with Gasteiger partial charge in [0.25, 0.3) is 0 Å². The summed E-state index contributed by atoms with van der Waals surface area (Å²) in [6.45, 7) is 0. The van der Waals surface area contributed by atoms with E-state index in [1.807, 2.05) is 24.3 Å². The summed E-state index contributed by atoms with van der Waals surface area (Å²) in [7, 11) is 0. The third-order valence-corrected chi connectivity index (χ3v) is 5.41. The molecule has 4 rings (SSSR count). The number of anilines is 1. The van der Waals surface area contributed by atoms with Crippen LogP contribution in [-0.4, -0.2) is 48.2 Å². The van der Waals surface area contributed by atoms with Crippen LogP contribution in [0.1, 0.15) is 34.9 Å². The van der Waals surface area contributed by atoms with Crippen LogP contribution in [0.2, 0.25) is 0 Å². The molecule has 1 aliphatic rings. The first kappa shape index (κ1) is 18.5. The largest absolute Gasteiger partial charge is 0.478 e. The maximum Gasteiger partial charge on any atom is 0.335 e. The Bertz CT molecular complexity index is 954. The summed E-state index contributed by atoms with van der Waals surface area (Å²) < 4.78 is 1.52. The molecule has 9 heteroatoms. The number of hydrogen-bond donors (Lipinski definition) is 3. The molecule has 1 atom stereocenters. The summed E-state index contributed by atoms with van der Waals surface area (Å²) in [5, 5.41) is 35.1. The van der Waals surface area contributed by atoms with Gasteiger partial charge in [-0.2, -0.15) is 4.68 Å². The lowest BCUT2D eigenvalue weighted by atomic mass is 10.1. The van der Waals surface area contributed by atoms with Crippen molar-refractivity contribution in [2.75, 3.05) is 11.1 Å². The molecular formula is C19H19N5O3S. The SMILES string of the molecule is O=C(O)c1ccc(-n2nnnc2SCC(O)c2ccc(NC3CC3)cc2)cc1. The van der Waals surface area contributed by atoms with E-state index in [4.69, 9.17) is 5.11 Å². The Kier molecular flexibility index (Phi) is 5.27. The van der Waals surface area contributed by atoms with Gasteiger partial charge in [-0.15, -0.1) is 5.10 Å². The Balaban J connectivity index is 1.39. The molecule has 1 saturated carbocycles. The second-order valence-corrected chi connectivity index (χ2v) is 7.58. The van der Waals surface area contributed by atoms with Crippen LogP contribution < -0.4 is 5.32 Å². The summed E-state index contributed by atoms with van der Waals surface area (Å²) in [4.78, 5) is 11.0. The minimum absolute atomic E-state index is 0.195. The molecule has 28 heavy (non-hydrogen) atoms. The number of tetrazole rings is 1. The minimum Gasteiger partial charge on any atom is -0.478 e. The number of thioether (sulfide) groups is 1. The maximum atomic E-state index is 11.0. The Morgan fingerprint density at radius 3 is 2.54 bits per heavy atom. The van der Waals surface area contributed by atoms with E-state index in [9.17, 15) is 9.90 Å². The van der Waals surface area contributed by atoms with E-state index < -0.39 is 12.1 Å². The van der Waals surface area contributed by atoms with E-state index >= 15 is 0 Å². The monoisotopic (exact) mass is 397 g/mol. The number of carbonyl (C=O) groups is 1. The molecule has 1 aliphatic carbocycles. The third-order valence-electron chi connectivity index (χ3n) is 4.41. The highest BCUT2D eigenvalue weighted by Crippen LogP contribution is 2.27. The number of rotatable bonds is 8. The first-order valence-electron chi connectivity index (χ1n) is 8.89. The molecule has 0 saturated heterocycles. The second kappa shape index (κ2) is 7.99. The number of aromatic nitrogens is 4. The van der Waals surface area contributed by atoms with Gasteiger partial charge in [-0.3, -0.25) is 0 Å². The molecule has 144 valence electrons. The molecule has 0 spiro atoms. The Morgan fingerprint density at radius 2 is 1.89 bits per heavy atom. The molecule has 0 amide bonds. The fourth-order valence-corrected chi connectivity index (χ4v) is 3.55. The molecular weight excluding hydrogens is 378 g/mol. The minimum atomic E-state index is -0.987. The van der Waals surface area contributed by atoms with Gasteiger partial charge in [-0.25, -0.2) is 4.79 Å². The molecule has 0 bridgehead atoms. The van der Waals surface area contributed by atoms with Gasteiger partial charge in [0.05, 0.1) is 17.4 Å². The van der Waals surface area contributed by atoms with Crippen LogP contribution >= 0.6 is 11.8 Å². The number of carboxylic acid groups (broad SMARTS) is 1. The Morgan fingerprint density at radius 1 is 1.18 bits per heavy atom. The van der Waals surface area contributed by atoms with E-state index in [0.29, 0.717) is 22.6 Å². The zero-order chi connectivity index (χ0) is 19.5. The molecule has 1 fully saturated rings. The highest BCUT2D eigenvalue weighted by atomic mass is 32.2. The van der Waals surface area contributed by atoms with Crippen LogP contribution in [0.5, 0.6) is 0 Å². The number of aliphatic hydroxyl groups is 1. The van der Waals surface area contributed by atoms with Crippen molar-refractivity contribution in [3.05, 3.63) is 59.7 Å². The fourth-order valence-electron chi connectivity index (χ4n) is 2.69. The van der Waals surface area contributed by atoms with Crippen LogP contribution in [0.25, 0.3) is 5.69 Å². The van der Waals surface area contributed by atoms with Crippen LogP contribution in [0.3, 0.4) is 0 Å². The molecule has 8 nitrogen and oxygen atoms in total. The van der Waals surface area contributed by atoms with E-state index in [-0.39, 0.29) is 5.56 Å². The normalized spacial score (nSPS) is 14.6. The molecule has 0 radical (unpaired) electrons. The lowest BCUT2D eigenvalue weighted by Gasteiger charge is -2.12. The highest BCUT2D eigenvalue weighted by molar-refractivity contribution is 7.99. The summed E-state index contributed by atoms with van der Waals surface area (Å²) in [6, 6.07) is 14.7. The Labute approximate surface area is 165 Å². The van der Waals surface area contributed by atoms with Crippen molar-refractivity contribution in [3.8, 4) is 5.69 Å². The van der Waals surface area contributed by atoms with Crippen molar-refractivity contribution in [3.63, 3.8) is 0 Å². The summed E-state index contributed by atoms with van der Waals surface area (Å²) in [5.41, 5.74) is 2.75. The van der Waals surface area contributed by atoms with Gasteiger partial charge in [0.2, 0.25) is 5.16 Å². The van der Waals surface area contributed by atoms with Gasteiger partial charge in [0.1, 0.15) is 0 Å². The maximum absolute atomic E-state index is 11.0. The molecule has 3 N–H and O–H groups in total. The average molecular weight is 397 g/mol. The van der Waals surface area contributed by atoms with Crippen molar-refractivity contribution in [1.29, 1.82) is 0 Å². The standard InChI is InChI=1S/C19H19N5O3S/c25-17(12-1-5-14(6-2-12)20-15-7-8-15)11-28-19-21-22-23-24(19)16-9-3-13(4-10-16)18(26)27/h1-6,9-10,15,17,20,25H,7-8,11H2,(H,26,27). The van der Waals surface area contributed by atoms with Crippen molar-refractivity contribution in [1.82, 2.24) is 20.2 Å². The third kappa shape index (κ3) is 4.32. The van der Waals surface area contributed by atoms with Gasteiger partial charge < -0.3 is 15.5 Å². The van der Waals surface area contributed by atoms with Crippen LogP contribution in [-0.2, 0) is 0 Å². The van der Waals surface area contributed by atoms with E-state index in [0.717, 1.165) is 11.3 Å². The van der Waals surface area contributed by atoms with Gasteiger partial charge >= 0.3 is 5.97 Å². The van der Waals surface area contributed by atoms with Crippen LogP contribution in [0.4, 0.5) is 5.69 Å². The summed E-state index contributed by atoms with van der Waals surface area (Å²) >= 11 is 1.33. The molecule has 0 aliphatic heterocycles. The zero-order valence-corrected chi connectivity index (χ0v) is 15.7. The molecule has 1 heterocycles. The van der Waals surface area contributed by atoms with E-state index in [1.165, 1.54) is 41.4 Å². The number of nitrogens with zero attached hydrogens (tertiary/aromatic N) is 4. The summed E-state index contributed by atoms with van der Waals surface area (Å²) in [5.74, 6) is -0.595. The van der Waals surface area contributed by atoms with E-state index in [2.05, 4.69) is 20.8 Å². The molecule has 2 aromatic carbocycles. The van der Waals surface area contributed by atoms with E-state index in [1.54, 1.807) is 12.1 Å². The number of benzene rings is 2. The van der Waals surface area contributed by atoms with Crippen molar-refractivity contribution in [2.45, 2.75) is 30.1 Å². The fraction of sp³-hybridized carbons (Fsp3) is 0.263. The molecule has 3 aromatic rings. The van der Waals surface area contributed by atoms with Gasteiger partial charge in [-0.05, 0) is 65.2 Å². The number of nitrogens with one attached hydrogen (secondary N) is 1. The number of aromatic carboxylic acids is 1. The number of aliphatic hydroxyl groups excluding tert-OH is 1. The van der Waals surface area contributed by atoms with Crippen LogP contribution in [0, 0.1) is 0 Å². The van der Waals surface area contributed by atoms with Crippen molar-refractivity contribution in [2.24, 2.45) is 0 Å². The lowest BCUT2D eigenvalue weighted by Crippen LogP contribution is -2.05. The topological polar surface area (TPSA) is 113 Å². The van der Waals surface area contributed by atoms with Gasteiger partial charge in [0.15, 0.2) is 0 Å². The zero-order valence-electron chi connectivity index (χ0n) is 14.9. The van der Waals surface area contributed by atoms with Crippen molar-refractivity contribution >= 4 is 23.4 Å². The predicted octanol–water partition coefficient (Wildman–Crippen LogP) is 2.76. The number of carboxylic acids is 1. The van der Waals surface area contributed by atoms with Gasteiger partial charge in [0, 0.05) is 17.5 Å². The predicted molar refractivity (Wildman–Crippen MR) is 105 cm³/mol. The first-order valence-corrected chi connectivity index (χ1v) is 9.88. The lowest BCUT2D eigenvalue weighted by molar-refractivity contribution is 0.0697. The van der Waals surface area contributed by atoms with Gasteiger partial charge in [-0.1, -0.05) is 23.9 Å². The smallest absolute Gasteiger partial charge is 0.335 e. The Hall–Kier alpha value is -2.91. The molecule has 1 unspecified atom stereocenters. The summed E-state index contributed by atoms with van der Waals surface area (Å²) in [6.07, 6.45) is 1.78. The second-order valence-electron chi connectivity index (χ2n) is 6.59. The average Bonchev–Trinajstić information content (AvgIpc) is 3.40. The quantitative estimate of drug-likeness (QED) is 0.497. The first-order chi connectivity index (χ1) is 13.6. The van der Waals surface area contributed by atoms with Crippen molar-refractivity contribution < 1.29 is 15.0 Å². The highest BCUT2D eigenvalue weighted by Gasteiger charge is 2.20.